The second-order valence-electron chi connectivity index (χ2n) is 7.17. The second kappa shape index (κ2) is 7.72. The van der Waals surface area contributed by atoms with Crippen LogP contribution in [0.5, 0.6) is 0 Å². The highest BCUT2D eigenvalue weighted by atomic mass is 35.5. The fraction of sp³-hybridized carbons (Fsp3) is 0.227. The molecule has 0 bridgehead atoms. The van der Waals surface area contributed by atoms with E-state index in [1.807, 2.05) is 68.4 Å². The third-order valence-electron chi connectivity index (χ3n) is 5.26. The molecule has 29 heavy (non-hydrogen) atoms. The van der Waals surface area contributed by atoms with Gasteiger partial charge in [-0.1, -0.05) is 61.0 Å². The standard InChI is InChI=1S/C22H21ClN4O2/c1-13(15-6-4-3-5-7-15)20(27-18(28)12-24-22(27)29)21-25-14(2)19(26-21)16-8-10-17(23)11-9-16/h3-11,13,20H,12H2,1-2H3,(H,24,29)(H,25,26). The zero-order valence-electron chi connectivity index (χ0n) is 16.1. The van der Waals surface area contributed by atoms with Gasteiger partial charge in [-0.2, -0.15) is 0 Å². The van der Waals surface area contributed by atoms with Crippen LogP contribution in [0.3, 0.4) is 0 Å². The number of imide groups is 1. The molecule has 0 radical (unpaired) electrons. The van der Waals surface area contributed by atoms with Crippen LogP contribution in [0.1, 0.15) is 36.0 Å². The summed E-state index contributed by atoms with van der Waals surface area (Å²) in [5.41, 5.74) is 3.57. The van der Waals surface area contributed by atoms with E-state index in [9.17, 15) is 9.59 Å². The molecule has 0 saturated carbocycles. The van der Waals surface area contributed by atoms with Crippen molar-refractivity contribution in [3.63, 3.8) is 0 Å². The summed E-state index contributed by atoms with van der Waals surface area (Å²) in [6, 6.07) is 16.3. The van der Waals surface area contributed by atoms with E-state index in [0.29, 0.717) is 10.8 Å². The second-order valence-corrected chi connectivity index (χ2v) is 7.61. The molecule has 148 valence electrons. The van der Waals surface area contributed by atoms with Crippen LogP contribution in [0, 0.1) is 6.92 Å². The van der Waals surface area contributed by atoms with Crippen molar-refractivity contribution >= 4 is 23.5 Å². The number of urea groups is 1. The minimum atomic E-state index is -0.549. The number of carbonyl (C=O) groups is 2. The molecule has 1 aromatic heterocycles. The van der Waals surface area contributed by atoms with Crippen molar-refractivity contribution in [3.8, 4) is 11.3 Å². The van der Waals surface area contributed by atoms with Crippen molar-refractivity contribution in [2.45, 2.75) is 25.8 Å². The Kier molecular flexibility index (Phi) is 5.11. The lowest BCUT2D eigenvalue weighted by Gasteiger charge is -2.29. The van der Waals surface area contributed by atoms with Gasteiger partial charge in [-0.05, 0) is 24.6 Å². The van der Waals surface area contributed by atoms with Crippen molar-refractivity contribution in [1.82, 2.24) is 20.2 Å². The van der Waals surface area contributed by atoms with Gasteiger partial charge >= 0.3 is 6.03 Å². The number of aromatic nitrogens is 2. The summed E-state index contributed by atoms with van der Waals surface area (Å²) >= 11 is 6.01. The molecular weight excluding hydrogens is 388 g/mol. The van der Waals surface area contributed by atoms with Crippen LogP contribution in [0.25, 0.3) is 11.3 Å². The minimum absolute atomic E-state index is 0.000571. The third kappa shape index (κ3) is 3.63. The van der Waals surface area contributed by atoms with Gasteiger partial charge in [0.05, 0.1) is 12.2 Å². The lowest BCUT2D eigenvalue weighted by atomic mass is 9.91. The number of hydrogen-bond donors (Lipinski definition) is 2. The van der Waals surface area contributed by atoms with Gasteiger partial charge < -0.3 is 10.3 Å². The maximum Gasteiger partial charge on any atom is 0.325 e. The van der Waals surface area contributed by atoms with Gasteiger partial charge in [0.1, 0.15) is 11.9 Å². The quantitative estimate of drug-likeness (QED) is 0.613. The number of H-pyrrole nitrogens is 1. The Hall–Kier alpha value is -3.12. The van der Waals surface area contributed by atoms with Crippen LogP contribution in [0.2, 0.25) is 5.02 Å². The lowest BCUT2D eigenvalue weighted by molar-refractivity contribution is -0.127. The van der Waals surface area contributed by atoms with Crippen LogP contribution in [0.15, 0.2) is 54.6 Å². The van der Waals surface area contributed by atoms with Crippen LogP contribution >= 0.6 is 11.6 Å². The molecule has 0 aliphatic carbocycles. The normalized spacial score (nSPS) is 16.0. The first kappa shape index (κ1) is 19.2. The number of aromatic amines is 1. The zero-order chi connectivity index (χ0) is 20.5. The average Bonchev–Trinajstić information content (AvgIpc) is 3.26. The summed E-state index contributed by atoms with van der Waals surface area (Å²) in [5, 5.41) is 3.27. The summed E-state index contributed by atoms with van der Waals surface area (Å²) in [5.74, 6) is 0.173. The molecule has 4 rings (SSSR count). The highest BCUT2D eigenvalue weighted by Crippen LogP contribution is 2.37. The molecule has 6 nitrogen and oxygen atoms in total. The first-order valence-electron chi connectivity index (χ1n) is 9.43. The number of carbonyl (C=O) groups excluding carboxylic acids is 2. The van der Waals surface area contributed by atoms with Crippen molar-refractivity contribution in [2.24, 2.45) is 0 Å². The van der Waals surface area contributed by atoms with Gasteiger partial charge in [0.2, 0.25) is 0 Å². The number of halogens is 1. The number of imidazole rings is 1. The summed E-state index contributed by atoms with van der Waals surface area (Å²) < 4.78 is 0. The van der Waals surface area contributed by atoms with Gasteiger partial charge in [0, 0.05) is 22.2 Å². The fourth-order valence-corrected chi connectivity index (χ4v) is 3.88. The van der Waals surface area contributed by atoms with Crippen molar-refractivity contribution in [1.29, 1.82) is 0 Å². The van der Waals surface area contributed by atoms with E-state index in [1.165, 1.54) is 4.90 Å². The SMILES string of the molecule is Cc1[nH]c(C(C(C)c2ccccc2)N2C(=O)CNC2=O)nc1-c1ccc(Cl)cc1. The number of amides is 3. The van der Waals surface area contributed by atoms with E-state index in [0.717, 1.165) is 22.5 Å². The van der Waals surface area contributed by atoms with Crippen LogP contribution in [-0.2, 0) is 4.79 Å². The molecule has 1 saturated heterocycles. The molecule has 2 atom stereocenters. The van der Waals surface area contributed by atoms with E-state index in [-0.39, 0.29) is 18.4 Å². The van der Waals surface area contributed by atoms with E-state index in [4.69, 9.17) is 16.6 Å². The fourth-order valence-electron chi connectivity index (χ4n) is 3.75. The van der Waals surface area contributed by atoms with Gasteiger partial charge in [-0.15, -0.1) is 0 Å². The van der Waals surface area contributed by atoms with E-state index >= 15 is 0 Å². The number of hydrogen-bond acceptors (Lipinski definition) is 3. The summed E-state index contributed by atoms with van der Waals surface area (Å²) in [7, 11) is 0. The van der Waals surface area contributed by atoms with Gasteiger partial charge in [-0.3, -0.25) is 9.69 Å². The predicted octanol–water partition coefficient (Wildman–Crippen LogP) is 4.44. The molecule has 3 aromatic rings. The van der Waals surface area contributed by atoms with Crippen LogP contribution in [-0.4, -0.2) is 33.4 Å². The highest BCUT2D eigenvalue weighted by Gasteiger charge is 2.40. The Morgan fingerprint density at radius 1 is 1.07 bits per heavy atom. The summed E-state index contributed by atoms with van der Waals surface area (Å²) in [4.78, 5) is 34.4. The molecule has 1 fully saturated rings. The van der Waals surface area contributed by atoms with Crippen LogP contribution < -0.4 is 5.32 Å². The zero-order valence-corrected chi connectivity index (χ0v) is 16.9. The maximum absolute atomic E-state index is 12.5. The topological polar surface area (TPSA) is 78.1 Å². The minimum Gasteiger partial charge on any atom is -0.344 e. The molecular formula is C22H21ClN4O2. The number of rotatable bonds is 5. The highest BCUT2D eigenvalue weighted by molar-refractivity contribution is 6.30. The molecule has 2 heterocycles. The molecule has 2 N–H and O–H groups in total. The number of nitrogens with zero attached hydrogens (tertiary/aromatic N) is 2. The Bertz CT molecular complexity index is 1030. The van der Waals surface area contributed by atoms with Crippen molar-refractivity contribution in [2.75, 3.05) is 6.54 Å². The van der Waals surface area contributed by atoms with Crippen molar-refractivity contribution < 1.29 is 9.59 Å². The monoisotopic (exact) mass is 408 g/mol. The van der Waals surface area contributed by atoms with Gasteiger partial charge in [0.15, 0.2) is 0 Å². The van der Waals surface area contributed by atoms with Gasteiger partial charge in [0.25, 0.3) is 5.91 Å². The lowest BCUT2D eigenvalue weighted by Crippen LogP contribution is -2.38. The number of nitrogens with one attached hydrogen (secondary N) is 2. The largest absolute Gasteiger partial charge is 0.344 e. The molecule has 7 heteroatoms. The van der Waals surface area contributed by atoms with E-state index in [2.05, 4.69) is 10.3 Å². The molecule has 2 unspecified atom stereocenters. The summed E-state index contributed by atoms with van der Waals surface area (Å²) in [6.45, 7) is 3.93. The first-order chi connectivity index (χ1) is 14.0. The number of benzene rings is 2. The van der Waals surface area contributed by atoms with Crippen molar-refractivity contribution in [3.05, 3.63) is 76.7 Å². The third-order valence-corrected chi connectivity index (χ3v) is 5.51. The summed E-state index contributed by atoms with van der Waals surface area (Å²) in [6.07, 6.45) is 0. The Labute approximate surface area is 173 Å². The van der Waals surface area contributed by atoms with E-state index < -0.39 is 12.1 Å². The van der Waals surface area contributed by atoms with E-state index in [1.54, 1.807) is 0 Å². The molecule has 2 aromatic carbocycles. The Morgan fingerprint density at radius 3 is 2.38 bits per heavy atom. The Balaban J connectivity index is 1.79. The molecule has 1 aliphatic heterocycles. The Morgan fingerprint density at radius 2 is 1.76 bits per heavy atom. The average molecular weight is 409 g/mol. The molecule has 1 aliphatic rings. The maximum atomic E-state index is 12.5. The molecule has 3 amide bonds. The first-order valence-corrected chi connectivity index (χ1v) is 9.81. The predicted molar refractivity (Wildman–Crippen MR) is 112 cm³/mol. The van der Waals surface area contributed by atoms with Gasteiger partial charge in [-0.25, -0.2) is 9.78 Å². The molecule has 0 spiro atoms. The smallest absolute Gasteiger partial charge is 0.325 e. The number of aryl methyl sites for hydroxylation is 1. The van der Waals surface area contributed by atoms with Crippen LogP contribution in [0.4, 0.5) is 4.79 Å².